The van der Waals surface area contributed by atoms with Crippen LogP contribution in [0.25, 0.3) is 6.08 Å². The molecule has 0 unspecified atom stereocenters. The first-order valence-corrected chi connectivity index (χ1v) is 9.45. The van der Waals surface area contributed by atoms with Crippen molar-refractivity contribution < 1.29 is 23.9 Å². The van der Waals surface area contributed by atoms with Gasteiger partial charge in [-0.05, 0) is 60.0 Å². The van der Waals surface area contributed by atoms with Crippen molar-refractivity contribution >= 4 is 17.7 Å². The highest BCUT2D eigenvalue weighted by Crippen LogP contribution is 2.21. The molecule has 158 valence electrons. The lowest BCUT2D eigenvalue weighted by molar-refractivity contribution is -0.384. The third-order valence-corrected chi connectivity index (χ3v) is 4.44. The van der Waals surface area contributed by atoms with Gasteiger partial charge in [0.1, 0.15) is 23.9 Å². The Labute approximate surface area is 179 Å². The molecule has 3 aromatic rings. The maximum Gasteiger partial charge on any atom is 0.336 e. The first kappa shape index (κ1) is 21.6. The third-order valence-electron chi connectivity index (χ3n) is 4.44. The van der Waals surface area contributed by atoms with Crippen LogP contribution in [0.1, 0.15) is 16.7 Å². The largest absolute Gasteiger partial charge is 0.496 e. The number of hydrogen-bond acceptors (Lipinski definition) is 6. The van der Waals surface area contributed by atoms with Crippen molar-refractivity contribution in [3.8, 4) is 17.2 Å². The van der Waals surface area contributed by atoms with E-state index in [2.05, 4.69) is 0 Å². The van der Waals surface area contributed by atoms with E-state index in [1.807, 2.05) is 49.4 Å². The van der Waals surface area contributed by atoms with Gasteiger partial charge in [0.2, 0.25) is 0 Å². The molecule has 0 saturated carbocycles. The van der Waals surface area contributed by atoms with Gasteiger partial charge in [-0.3, -0.25) is 10.1 Å². The first-order valence-electron chi connectivity index (χ1n) is 9.45. The van der Waals surface area contributed by atoms with E-state index in [-0.39, 0.29) is 11.4 Å². The van der Waals surface area contributed by atoms with Crippen LogP contribution in [0.4, 0.5) is 5.69 Å². The minimum absolute atomic E-state index is 0.0702. The number of non-ortho nitro benzene ring substituents is 1. The molecule has 31 heavy (non-hydrogen) atoms. The minimum atomic E-state index is -0.581. The summed E-state index contributed by atoms with van der Waals surface area (Å²) in [7, 11) is 1.64. The number of carbonyl (C=O) groups excluding carboxylic acids is 1. The number of nitrogens with zero attached hydrogens (tertiary/aromatic N) is 1. The summed E-state index contributed by atoms with van der Waals surface area (Å²) >= 11 is 0. The van der Waals surface area contributed by atoms with Crippen LogP contribution in [0.15, 0.2) is 72.8 Å². The van der Waals surface area contributed by atoms with Crippen molar-refractivity contribution in [2.45, 2.75) is 13.5 Å². The maximum absolute atomic E-state index is 11.9. The zero-order valence-corrected chi connectivity index (χ0v) is 17.1. The predicted octanol–water partition coefficient (Wildman–Crippen LogP) is 5.11. The lowest BCUT2D eigenvalue weighted by Gasteiger charge is -2.09. The fourth-order valence-corrected chi connectivity index (χ4v) is 2.75. The summed E-state index contributed by atoms with van der Waals surface area (Å²) in [5.74, 6) is 1.17. The quantitative estimate of drug-likeness (QED) is 0.166. The van der Waals surface area contributed by atoms with Crippen molar-refractivity contribution in [2.24, 2.45) is 0 Å². The number of aryl methyl sites for hydroxylation is 1. The Hall–Kier alpha value is -4.13. The Kier molecular flexibility index (Phi) is 7.01. The summed E-state index contributed by atoms with van der Waals surface area (Å²) < 4.78 is 16.2. The second kappa shape index (κ2) is 10.1. The van der Waals surface area contributed by atoms with Gasteiger partial charge in [-0.15, -0.1) is 0 Å². The molecule has 3 aromatic carbocycles. The maximum atomic E-state index is 11.9. The Morgan fingerprint density at radius 2 is 1.68 bits per heavy atom. The molecule has 0 radical (unpaired) electrons. The van der Waals surface area contributed by atoms with Crippen LogP contribution in [0.5, 0.6) is 17.2 Å². The Morgan fingerprint density at radius 1 is 1.00 bits per heavy atom. The topological polar surface area (TPSA) is 87.9 Å². The van der Waals surface area contributed by atoms with Crippen LogP contribution in [-0.2, 0) is 11.4 Å². The third kappa shape index (κ3) is 6.17. The van der Waals surface area contributed by atoms with Gasteiger partial charge in [0, 0.05) is 18.2 Å². The average molecular weight is 419 g/mol. The van der Waals surface area contributed by atoms with E-state index in [0.717, 1.165) is 22.4 Å². The fraction of sp³-hybridized carbons (Fsp3) is 0.125. The number of methoxy groups -OCH3 is 1. The minimum Gasteiger partial charge on any atom is -0.496 e. The SMILES string of the molecule is COc1cc(COc2ccc(/C=C/C(=O)Oc3ccc([N+](=O)[O-])cc3)cc2)ccc1C. The molecule has 0 amide bonds. The van der Waals surface area contributed by atoms with Gasteiger partial charge in [-0.25, -0.2) is 4.79 Å². The van der Waals surface area contributed by atoms with Gasteiger partial charge in [-0.1, -0.05) is 24.3 Å². The lowest BCUT2D eigenvalue weighted by Crippen LogP contribution is -2.03. The molecule has 7 heteroatoms. The van der Waals surface area contributed by atoms with Gasteiger partial charge in [0.15, 0.2) is 0 Å². The van der Waals surface area contributed by atoms with Gasteiger partial charge in [0.25, 0.3) is 5.69 Å². The zero-order valence-electron chi connectivity index (χ0n) is 17.1. The van der Waals surface area contributed by atoms with E-state index < -0.39 is 10.9 Å². The van der Waals surface area contributed by atoms with Crippen molar-refractivity contribution in [1.29, 1.82) is 0 Å². The van der Waals surface area contributed by atoms with E-state index in [1.165, 1.54) is 30.3 Å². The van der Waals surface area contributed by atoms with Gasteiger partial charge < -0.3 is 14.2 Å². The molecule has 0 aliphatic rings. The van der Waals surface area contributed by atoms with Crippen LogP contribution < -0.4 is 14.2 Å². The van der Waals surface area contributed by atoms with Crippen molar-refractivity contribution in [2.75, 3.05) is 7.11 Å². The molecule has 0 aliphatic carbocycles. The molecule has 7 nitrogen and oxygen atoms in total. The van der Waals surface area contributed by atoms with E-state index in [4.69, 9.17) is 14.2 Å². The number of nitro groups is 1. The molecule has 0 atom stereocenters. The molecule has 0 fully saturated rings. The molecule has 0 saturated heterocycles. The number of esters is 1. The van der Waals surface area contributed by atoms with Gasteiger partial charge >= 0.3 is 5.97 Å². The predicted molar refractivity (Wildman–Crippen MR) is 116 cm³/mol. The monoisotopic (exact) mass is 419 g/mol. The number of ether oxygens (including phenoxy) is 3. The number of benzene rings is 3. The molecule has 0 aromatic heterocycles. The summed E-state index contributed by atoms with van der Waals surface area (Å²) in [4.78, 5) is 22.1. The van der Waals surface area contributed by atoms with Crippen LogP contribution >= 0.6 is 0 Å². The number of nitro benzene ring substituents is 1. The van der Waals surface area contributed by atoms with Crippen LogP contribution in [0.3, 0.4) is 0 Å². The van der Waals surface area contributed by atoms with Gasteiger partial charge in [-0.2, -0.15) is 0 Å². The highest BCUT2D eigenvalue weighted by atomic mass is 16.6. The molecule has 3 rings (SSSR count). The normalized spacial score (nSPS) is 10.6. The molecular formula is C24H21NO6. The standard InChI is InChI=1S/C24H21NO6/c1-17-3-4-19(15-23(17)29-2)16-30-21-10-5-18(6-11-21)7-14-24(26)31-22-12-8-20(9-13-22)25(27)28/h3-15H,16H2,1-2H3/b14-7+. The Balaban J connectivity index is 1.53. The molecule has 0 aliphatic heterocycles. The molecule has 0 bridgehead atoms. The summed E-state index contributed by atoms with van der Waals surface area (Å²) in [6, 6.07) is 18.5. The van der Waals surface area contributed by atoms with Crippen LogP contribution in [0.2, 0.25) is 0 Å². The smallest absolute Gasteiger partial charge is 0.336 e. The second-order valence-corrected chi connectivity index (χ2v) is 6.67. The fourth-order valence-electron chi connectivity index (χ4n) is 2.75. The summed E-state index contributed by atoms with van der Waals surface area (Å²) in [5, 5.41) is 10.6. The molecule has 0 heterocycles. The molecule has 0 spiro atoms. The number of hydrogen-bond donors (Lipinski definition) is 0. The lowest BCUT2D eigenvalue weighted by atomic mass is 10.1. The van der Waals surface area contributed by atoms with Crippen molar-refractivity contribution in [3.63, 3.8) is 0 Å². The van der Waals surface area contributed by atoms with Crippen molar-refractivity contribution in [1.82, 2.24) is 0 Å². The van der Waals surface area contributed by atoms with Crippen LogP contribution in [0, 0.1) is 17.0 Å². The van der Waals surface area contributed by atoms with E-state index in [1.54, 1.807) is 13.2 Å². The molecular weight excluding hydrogens is 398 g/mol. The van der Waals surface area contributed by atoms with E-state index in [9.17, 15) is 14.9 Å². The summed E-state index contributed by atoms with van der Waals surface area (Å²) in [5.41, 5.74) is 2.79. The highest BCUT2D eigenvalue weighted by Gasteiger charge is 2.06. The Bertz CT molecular complexity index is 1090. The second-order valence-electron chi connectivity index (χ2n) is 6.67. The summed E-state index contributed by atoms with van der Waals surface area (Å²) in [6.45, 7) is 2.39. The number of carbonyl (C=O) groups is 1. The highest BCUT2D eigenvalue weighted by molar-refractivity contribution is 5.88. The van der Waals surface area contributed by atoms with Crippen LogP contribution in [-0.4, -0.2) is 18.0 Å². The van der Waals surface area contributed by atoms with Gasteiger partial charge in [0.05, 0.1) is 12.0 Å². The average Bonchev–Trinajstić information content (AvgIpc) is 2.78. The summed E-state index contributed by atoms with van der Waals surface area (Å²) in [6.07, 6.45) is 2.90. The van der Waals surface area contributed by atoms with E-state index >= 15 is 0 Å². The first-order chi connectivity index (χ1) is 14.9. The van der Waals surface area contributed by atoms with E-state index in [0.29, 0.717) is 12.4 Å². The zero-order chi connectivity index (χ0) is 22.2. The number of rotatable bonds is 8. The molecule has 0 N–H and O–H groups in total. The van der Waals surface area contributed by atoms with Crippen molar-refractivity contribution in [3.05, 3.63) is 99.6 Å². The Morgan fingerprint density at radius 3 is 2.32 bits per heavy atom.